The molecule has 0 bridgehead atoms. The molecule has 55 heavy (non-hydrogen) atoms. The fraction of sp³-hybridized carbons (Fsp3) is 0.821. The fourth-order valence-corrected chi connectivity index (χ4v) is 5.46. The van der Waals surface area contributed by atoms with Crippen LogP contribution in [0.1, 0.15) is 63.9 Å². The van der Waals surface area contributed by atoms with Crippen LogP contribution in [0, 0.1) is 6.92 Å². The Morgan fingerprint density at radius 3 is 1.11 bits per heavy atom. The summed E-state index contributed by atoms with van der Waals surface area (Å²) in [5.41, 5.74) is 0.973. The van der Waals surface area contributed by atoms with Gasteiger partial charge in [0.25, 0.3) is 10.1 Å². The molecule has 0 spiro atoms. The Labute approximate surface area is 330 Å². The minimum Gasteiger partial charge on any atom is -0.463 e. The van der Waals surface area contributed by atoms with Gasteiger partial charge in [-0.3, -0.25) is 8.98 Å². The summed E-state index contributed by atoms with van der Waals surface area (Å²) < 4.78 is 88.9. The fourth-order valence-electron chi connectivity index (χ4n) is 4.57. The first-order valence-corrected chi connectivity index (χ1v) is 21.3. The van der Waals surface area contributed by atoms with Gasteiger partial charge < -0.3 is 52.1 Å². The van der Waals surface area contributed by atoms with Crippen molar-refractivity contribution in [3.05, 3.63) is 29.8 Å². The molecule has 1 aromatic rings. The number of benzene rings is 1. The van der Waals surface area contributed by atoms with E-state index >= 15 is 0 Å². The van der Waals surface area contributed by atoms with E-state index < -0.39 is 10.1 Å². The van der Waals surface area contributed by atoms with E-state index in [1.54, 1.807) is 12.1 Å². The van der Waals surface area contributed by atoms with Gasteiger partial charge in [-0.2, -0.15) is 8.42 Å². The van der Waals surface area contributed by atoms with E-state index in [1.807, 2.05) is 6.92 Å². The predicted octanol–water partition coefficient (Wildman–Crippen LogP) is 4.55. The van der Waals surface area contributed by atoms with Crippen LogP contribution in [0.15, 0.2) is 29.2 Å². The minimum atomic E-state index is -3.78. The molecule has 0 saturated heterocycles. The van der Waals surface area contributed by atoms with E-state index in [4.69, 9.17) is 56.3 Å². The molecule has 0 atom stereocenters. The highest BCUT2D eigenvalue weighted by molar-refractivity contribution is 7.86. The zero-order valence-corrected chi connectivity index (χ0v) is 34.4. The third kappa shape index (κ3) is 35.1. The first-order chi connectivity index (χ1) is 27.0. The highest BCUT2D eigenvalue weighted by Gasteiger charge is 2.14. The highest BCUT2D eigenvalue weighted by Crippen LogP contribution is 2.13. The Balaban J connectivity index is 1.67. The van der Waals surface area contributed by atoms with Gasteiger partial charge in [0.2, 0.25) is 0 Å². The zero-order chi connectivity index (χ0) is 39.8. The molecular formula is C39H70O15S. The van der Waals surface area contributed by atoms with Crippen molar-refractivity contribution in [3.8, 4) is 0 Å². The molecular weight excluding hydrogens is 740 g/mol. The number of carbonyl (C=O) groups is 1. The average Bonchev–Trinajstić information content (AvgIpc) is 3.17. The van der Waals surface area contributed by atoms with E-state index in [0.717, 1.165) is 18.4 Å². The van der Waals surface area contributed by atoms with Crippen molar-refractivity contribution in [2.45, 2.75) is 70.1 Å². The second-order valence-corrected chi connectivity index (χ2v) is 13.9. The van der Waals surface area contributed by atoms with E-state index in [-0.39, 0.29) is 30.7 Å². The van der Waals surface area contributed by atoms with Crippen LogP contribution in [-0.2, 0) is 71.2 Å². The highest BCUT2D eigenvalue weighted by atomic mass is 32.2. The molecule has 0 aromatic heterocycles. The van der Waals surface area contributed by atoms with Gasteiger partial charge in [0.1, 0.15) is 6.61 Å². The Hall–Kier alpha value is -1.80. The van der Waals surface area contributed by atoms with Gasteiger partial charge in [-0.05, 0) is 25.5 Å². The van der Waals surface area contributed by atoms with Crippen molar-refractivity contribution in [1.82, 2.24) is 0 Å². The van der Waals surface area contributed by atoms with Crippen molar-refractivity contribution >= 4 is 16.1 Å². The number of carbonyl (C=O) groups excluding carboxylic acids is 1. The van der Waals surface area contributed by atoms with Gasteiger partial charge in [-0.15, -0.1) is 0 Å². The Morgan fingerprint density at radius 1 is 0.436 bits per heavy atom. The quantitative estimate of drug-likeness (QED) is 0.0513. The third-order valence-electron chi connectivity index (χ3n) is 7.60. The minimum absolute atomic E-state index is 0.0632. The molecule has 0 fully saturated rings. The second kappa shape index (κ2) is 39.0. The summed E-state index contributed by atoms with van der Waals surface area (Å²) in [6, 6.07) is 6.48. The molecule has 0 aliphatic rings. The van der Waals surface area contributed by atoms with Gasteiger partial charge in [0, 0.05) is 6.42 Å². The van der Waals surface area contributed by atoms with E-state index in [1.165, 1.54) is 44.2 Å². The number of aryl methyl sites for hydroxylation is 1. The summed E-state index contributed by atoms with van der Waals surface area (Å²) in [5, 5.41) is 0. The summed E-state index contributed by atoms with van der Waals surface area (Å²) >= 11 is 0. The van der Waals surface area contributed by atoms with Crippen LogP contribution < -0.4 is 0 Å². The summed E-state index contributed by atoms with van der Waals surface area (Å²) in [5.74, 6) is -0.148. The molecule has 0 N–H and O–H groups in total. The van der Waals surface area contributed by atoms with Crippen molar-refractivity contribution in [2.24, 2.45) is 0 Å². The van der Waals surface area contributed by atoms with Crippen molar-refractivity contribution in [2.75, 3.05) is 145 Å². The molecule has 16 heteroatoms. The lowest BCUT2D eigenvalue weighted by Gasteiger charge is -2.09. The number of esters is 1. The molecule has 0 saturated carbocycles. The van der Waals surface area contributed by atoms with Crippen LogP contribution in [0.25, 0.3) is 0 Å². The van der Waals surface area contributed by atoms with Crippen molar-refractivity contribution < 1.29 is 69.5 Å². The van der Waals surface area contributed by atoms with Crippen molar-refractivity contribution in [1.29, 1.82) is 0 Å². The lowest BCUT2D eigenvalue weighted by Crippen LogP contribution is -2.16. The lowest BCUT2D eigenvalue weighted by molar-refractivity contribution is -0.145. The normalized spacial score (nSPS) is 11.7. The molecule has 1 aromatic carbocycles. The summed E-state index contributed by atoms with van der Waals surface area (Å²) in [7, 11) is -3.78. The first kappa shape index (κ1) is 51.2. The molecule has 0 aliphatic carbocycles. The van der Waals surface area contributed by atoms with Crippen LogP contribution in [0.4, 0.5) is 0 Å². The molecule has 0 amide bonds. The topological polar surface area (TPSA) is 162 Å². The Morgan fingerprint density at radius 2 is 0.745 bits per heavy atom. The van der Waals surface area contributed by atoms with Crippen LogP contribution in [0.2, 0.25) is 0 Å². The first-order valence-electron chi connectivity index (χ1n) is 19.8. The SMILES string of the molecule is CCCCCCCCCC(=O)OCCOCCOCCOCCOCCOCCOCCOCCOCCOCCOCCOS(=O)(=O)c1ccc(C)cc1. The lowest BCUT2D eigenvalue weighted by atomic mass is 10.1. The van der Waals surface area contributed by atoms with E-state index in [2.05, 4.69) is 6.92 Å². The molecule has 0 heterocycles. The van der Waals surface area contributed by atoms with Gasteiger partial charge in [-0.1, -0.05) is 63.1 Å². The maximum atomic E-state index is 12.1. The van der Waals surface area contributed by atoms with Crippen LogP contribution in [0.5, 0.6) is 0 Å². The Kier molecular flexibility index (Phi) is 36.4. The van der Waals surface area contributed by atoms with Crippen molar-refractivity contribution in [3.63, 3.8) is 0 Å². The van der Waals surface area contributed by atoms with Gasteiger partial charge >= 0.3 is 5.97 Å². The summed E-state index contributed by atoms with van der Waals surface area (Å²) in [6.45, 7) is 12.9. The van der Waals surface area contributed by atoms with E-state index in [9.17, 15) is 13.2 Å². The molecule has 0 unspecified atom stereocenters. The van der Waals surface area contributed by atoms with Crippen LogP contribution in [-0.4, -0.2) is 160 Å². The van der Waals surface area contributed by atoms with Crippen LogP contribution >= 0.6 is 0 Å². The summed E-state index contributed by atoms with van der Waals surface area (Å²) in [4.78, 5) is 11.8. The monoisotopic (exact) mass is 810 g/mol. The second-order valence-electron chi connectivity index (χ2n) is 12.3. The standard InChI is InChI=1S/C39H70O15S/c1-3-4-5-6-7-8-9-10-39(40)53-35-33-51-31-29-49-27-25-47-23-21-45-19-17-43-15-16-44-18-20-46-22-24-48-26-28-50-30-32-52-34-36-54-55(41,42)38-13-11-37(2)12-14-38/h11-14H,3-10,15-36H2,1-2H3. The number of rotatable bonds is 43. The molecule has 0 aliphatic heterocycles. The molecule has 15 nitrogen and oxygen atoms in total. The predicted molar refractivity (Wildman–Crippen MR) is 206 cm³/mol. The van der Waals surface area contributed by atoms with Gasteiger partial charge in [-0.25, -0.2) is 0 Å². The third-order valence-corrected chi connectivity index (χ3v) is 8.93. The van der Waals surface area contributed by atoms with E-state index in [0.29, 0.717) is 132 Å². The molecule has 1 rings (SSSR count). The number of unbranched alkanes of at least 4 members (excludes halogenated alkanes) is 6. The molecule has 0 radical (unpaired) electrons. The largest absolute Gasteiger partial charge is 0.463 e. The van der Waals surface area contributed by atoms with Crippen LogP contribution in [0.3, 0.4) is 0 Å². The zero-order valence-electron chi connectivity index (χ0n) is 33.6. The number of ether oxygens (including phenoxy) is 11. The average molecular weight is 811 g/mol. The smallest absolute Gasteiger partial charge is 0.305 e. The van der Waals surface area contributed by atoms with Gasteiger partial charge in [0.15, 0.2) is 0 Å². The maximum absolute atomic E-state index is 12.1. The summed E-state index contributed by atoms with van der Waals surface area (Å²) in [6.07, 6.45) is 8.74. The van der Waals surface area contributed by atoms with Gasteiger partial charge in [0.05, 0.1) is 144 Å². The Bertz CT molecular complexity index is 1080. The number of hydrogen-bond acceptors (Lipinski definition) is 15. The maximum Gasteiger partial charge on any atom is 0.305 e. The number of hydrogen-bond donors (Lipinski definition) is 0. The molecule has 322 valence electrons.